The maximum absolute atomic E-state index is 12.6. The number of aliphatic imine (C=N–C) groups is 1. The van der Waals surface area contributed by atoms with Crippen LogP contribution in [0.4, 0.5) is 10.5 Å². The normalized spacial score (nSPS) is 16.0. The van der Waals surface area contributed by atoms with Gasteiger partial charge >= 0.3 is 6.03 Å². The fraction of sp³-hybridized carbons (Fsp3) is 0.250. The highest BCUT2D eigenvalue weighted by atomic mass is 16.2. The van der Waals surface area contributed by atoms with Crippen molar-refractivity contribution in [2.45, 2.75) is 25.9 Å². The van der Waals surface area contributed by atoms with E-state index in [1.54, 1.807) is 0 Å². The monoisotopic (exact) mass is 350 g/mol. The van der Waals surface area contributed by atoms with Crippen molar-refractivity contribution in [1.29, 1.82) is 0 Å². The van der Waals surface area contributed by atoms with Gasteiger partial charge in [0.1, 0.15) is 0 Å². The summed E-state index contributed by atoms with van der Waals surface area (Å²) < 4.78 is 0. The fourth-order valence-corrected chi connectivity index (χ4v) is 2.73. The van der Waals surface area contributed by atoms with Gasteiger partial charge in [-0.2, -0.15) is 0 Å². The van der Waals surface area contributed by atoms with Crippen molar-refractivity contribution < 1.29 is 9.59 Å². The smallest absolute Gasteiger partial charge is 0.316 e. The summed E-state index contributed by atoms with van der Waals surface area (Å²) in [4.78, 5) is 29.2. The van der Waals surface area contributed by atoms with E-state index in [9.17, 15) is 9.59 Å². The number of benzene rings is 2. The number of unbranched alkanes of at least 4 members (excludes halogenated alkanes) is 1. The number of benzodiazepines with no additional fused rings is 1. The largest absolute Gasteiger partial charge is 0.338 e. The molecule has 6 nitrogen and oxygen atoms in total. The van der Waals surface area contributed by atoms with Crippen LogP contribution in [0, 0.1) is 0 Å². The lowest BCUT2D eigenvalue weighted by molar-refractivity contribution is -0.117. The number of hydrogen-bond donors (Lipinski definition) is 3. The first-order valence-corrected chi connectivity index (χ1v) is 8.77. The number of carbonyl (C=O) groups excluding carboxylic acids is 2. The number of urea groups is 1. The summed E-state index contributed by atoms with van der Waals surface area (Å²) in [6, 6.07) is 16.7. The summed E-state index contributed by atoms with van der Waals surface area (Å²) >= 11 is 0. The molecule has 0 spiro atoms. The molecule has 6 heteroatoms. The Morgan fingerprint density at radius 2 is 1.85 bits per heavy atom. The van der Waals surface area contributed by atoms with Crippen LogP contribution in [0.3, 0.4) is 0 Å². The third-order valence-electron chi connectivity index (χ3n) is 4.08. The highest BCUT2D eigenvalue weighted by Crippen LogP contribution is 2.23. The molecule has 3 N–H and O–H groups in total. The van der Waals surface area contributed by atoms with Gasteiger partial charge in [0, 0.05) is 17.7 Å². The van der Waals surface area contributed by atoms with Gasteiger partial charge in [0.15, 0.2) is 0 Å². The van der Waals surface area contributed by atoms with Crippen LogP contribution in [-0.2, 0) is 4.79 Å². The molecular formula is C20H22N4O2. The van der Waals surface area contributed by atoms with Crippen LogP contribution in [0.15, 0.2) is 59.6 Å². The average molecular weight is 350 g/mol. The van der Waals surface area contributed by atoms with E-state index in [0.717, 1.165) is 24.0 Å². The first kappa shape index (κ1) is 17.7. The van der Waals surface area contributed by atoms with Crippen LogP contribution >= 0.6 is 0 Å². The molecule has 0 saturated carbocycles. The first-order chi connectivity index (χ1) is 12.7. The minimum absolute atomic E-state index is 0.367. The molecule has 0 saturated heterocycles. The molecule has 3 amide bonds. The van der Waals surface area contributed by atoms with Crippen LogP contribution in [0.25, 0.3) is 0 Å². The zero-order valence-electron chi connectivity index (χ0n) is 14.7. The number of nitrogens with one attached hydrogen (secondary N) is 3. The number of hydrogen-bond acceptors (Lipinski definition) is 3. The van der Waals surface area contributed by atoms with E-state index >= 15 is 0 Å². The summed E-state index contributed by atoms with van der Waals surface area (Å²) in [5.41, 5.74) is 3.05. The Hall–Kier alpha value is -3.15. The Labute approximate surface area is 152 Å². The molecule has 2 aromatic rings. The highest BCUT2D eigenvalue weighted by molar-refractivity contribution is 6.19. The molecule has 0 aliphatic carbocycles. The van der Waals surface area contributed by atoms with Crippen LogP contribution in [0.1, 0.15) is 30.9 Å². The van der Waals surface area contributed by atoms with E-state index in [1.807, 2.05) is 61.5 Å². The van der Waals surface area contributed by atoms with Crippen molar-refractivity contribution in [1.82, 2.24) is 10.6 Å². The van der Waals surface area contributed by atoms with Gasteiger partial charge in [0.05, 0.1) is 11.4 Å². The van der Waals surface area contributed by atoms with Crippen LogP contribution in [0.5, 0.6) is 0 Å². The van der Waals surface area contributed by atoms with E-state index in [-0.39, 0.29) is 5.91 Å². The minimum Gasteiger partial charge on any atom is -0.338 e. The summed E-state index contributed by atoms with van der Waals surface area (Å²) in [5, 5.41) is 8.25. The molecular weight excluding hydrogens is 328 g/mol. The number of carbonyl (C=O) groups is 2. The van der Waals surface area contributed by atoms with Gasteiger partial charge in [0.2, 0.25) is 6.17 Å². The number of amides is 3. The molecule has 0 fully saturated rings. The zero-order chi connectivity index (χ0) is 18.4. The average Bonchev–Trinajstić information content (AvgIpc) is 2.79. The van der Waals surface area contributed by atoms with Crippen molar-refractivity contribution in [2.75, 3.05) is 11.9 Å². The molecule has 0 aromatic heterocycles. The Balaban J connectivity index is 1.92. The predicted octanol–water partition coefficient (Wildman–Crippen LogP) is 2.90. The number of nitrogens with zero attached hydrogens (tertiary/aromatic N) is 1. The van der Waals surface area contributed by atoms with Gasteiger partial charge in [0.25, 0.3) is 5.91 Å². The fourth-order valence-electron chi connectivity index (χ4n) is 2.73. The highest BCUT2D eigenvalue weighted by Gasteiger charge is 2.26. The molecule has 26 heavy (non-hydrogen) atoms. The first-order valence-electron chi connectivity index (χ1n) is 8.77. The Kier molecular flexibility index (Phi) is 5.63. The number of rotatable bonds is 5. The lowest BCUT2D eigenvalue weighted by Gasteiger charge is -2.14. The maximum Gasteiger partial charge on any atom is 0.316 e. The second-order valence-electron chi connectivity index (χ2n) is 6.03. The van der Waals surface area contributed by atoms with Crippen LogP contribution in [0.2, 0.25) is 0 Å². The van der Waals surface area contributed by atoms with E-state index in [1.165, 1.54) is 0 Å². The molecule has 1 atom stereocenters. The third kappa shape index (κ3) is 4.08. The van der Waals surface area contributed by atoms with Crippen molar-refractivity contribution >= 4 is 23.3 Å². The van der Waals surface area contributed by atoms with Gasteiger partial charge in [-0.25, -0.2) is 9.79 Å². The zero-order valence-corrected chi connectivity index (χ0v) is 14.7. The van der Waals surface area contributed by atoms with E-state index in [0.29, 0.717) is 17.9 Å². The Bertz CT molecular complexity index is 818. The lowest BCUT2D eigenvalue weighted by atomic mass is 10.0. The van der Waals surface area contributed by atoms with Crippen LogP contribution < -0.4 is 16.0 Å². The van der Waals surface area contributed by atoms with E-state index < -0.39 is 12.2 Å². The number of anilines is 1. The Morgan fingerprint density at radius 3 is 2.62 bits per heavy atom. The second kappa shape index (κ2) is 8.29. The maximum atomic E-state index is 12.6. The van der Waals surface area contributed by atoms with Crippen molar-refractivity contribution in [3.8, 4) is 0 Å². The van der Waals surface area contributed by atoms with Crippen LogP contribution in [-0.4, -0.2) is 30.4 Å². The molecule has 3 rings (SSSR count). The van der Waals surface area contributed by atoms with Crippen molar-refractivity contribution in [3.63, 3.8) is 0 Å². The molecule has 134 valence electrons. The molecule has 0 radical (unpaired) electrons. The second-order valence-corrected chi connectivity index (χ2v) is 6.03. The third-order valence-corrected chi connectivity index (χ3v) is 4.08. The van der Waals surface area contributed by atoms with Gasteiger partial charge in [-0.1, -0.05) is 61.9 Å². The van der Waals surface area contributed by atoms with Gasteiger partial charge in [-0.3, -0.25) is 4.79 Å². The Morgan fingerprint density at radius 1 is 1.12 bits per heavy atom. The van der Waals surface area contributed by atoms with Crippen molar-refractivity contribution in [2.24, 2.45) is 4.99 Å². The summed E-state index contributed by atoms with van der Waals surface area (Å²) in [6.45, 7) is 2.61. The number of fused-ring (bicyclic) bond motifs is 1. The molecule has 0 bridgehead atoms. The quantitative estimate of drug-likeness (QED) is 0.725. The van der Waals surface area contributed by atoms with Gasteiger partial charge < -0.3 is 16.0 Å². The van der Waals surface area contributed by atoms with E-state index in [2.05, 4.69) is 20.9 Å². The van der Waals surface area contributed by atoms with Gasteiger partial charge in [-0.05, 0) is 12.5 Å². The standard InChI is InChI=1S/C20H22N4O2/c1-2-3-13-21-20(26)24-18-19(25)22-16-12-8-7-11-15(16)17(23-18)14-9-5-4-6-10-14/h4-12,18H,2-3,13H2,1H3,(H,22,25)(H2,21,24,26). The minimum atomic E-state index is -1.00. The van der Waals surface area contributed by atoms with Crippen molar-refractivity contribution in [3.05, 3.63) is 65.7 Å². The number of para-hydroxylation sites is 1. The van der Waals surface area contributed by atoms with E-state index in [4.69, 9.17) is 0 Å². The SMILES string of the molecule is CCCCNC(=O)NC1N=C(c2ccccc2)c2ccccc2NC1=O. The molecule has 1 unspecified atom stereocenters. The summed E-state index contributed by atoms with van der Waals surface area (Å²) in [5.74, 6) is -0.367. The predicted molar refractivity (Wildman–Crippen MR) is 102 cm³/mol. The summed E-state index contributed by atoms with van der Waals surface area (Å²) in [7, 11) is 0. The summed E-state index contributed by atoms with van der Waals surface area (Å²) in [6.07, 6.45) is 0.864. The molecule has 1 aliphatic rings. The molecule has 1 heterocycles. The molecule has 2 aromatic carbocycles. The van der Waals surface area contributed by atoms with Gasteiger partial charge in [-0.15, -0.1) is 0 Å². The lowest BCUT2D eigenvalue weighted by Crippen LogP contribution is -2.47. The molecule has 1 aliphatic heterocycles. The topological polar surface area (TPSA) is 82.6 Å².